The van der Waals surface area contributed by atoms with Crippen LogP contribution in [0.5, 0.6) is 0 Å². The molecule has 0 atom stereocenters. The average Bonchev–Trinajstić information content (AvgIpc) is 3.43. The Bertz CT molecular complexity index is 1050. The Morgan fingerprint density at radius 1 is 0.175 bits per heavy atom. The maximum atomic E-state index is 2.30. The molecule has 0 fully saturated rings. The van der Waals surface area contributed by atoms with Crippen LogP contribution in [0, 0.1) is 0 Å². The van der Waals surface area contributed by atoms with Gasteiger partial charge in [-0.1, -0.05) is 374 Å². The second-order valence-corrected chi connectivity index (χ2v) is 26.3. The van der Waals surface area contributed by atoms with Gasteiger partial charge in [0.2, 0.25) is 0 Å². The summed E-state index contributed by atoms with van der Waals surface area (Å²) >= 11 is 0. The molecule has 0 aliphatic carbocycles. The standard InChI is InChI=1S/C20H43N.C20H41N.C18H39N.C18H37N/c2*1-4-5-6-7-8-9-10-11-12-13-14-15-16-17-18-19-20-21(2)3;2*1-4-5-6-7-8-9-10-11-12-13-14-15-16-17-18-19(2)3/h4-20H2,1-3H3;19-20H,4-18H2,1-3H3;4-18H2,1-3H3;17-18H,4-16H2,1-3H3. The van der Waals surface area contributed by atoms with Crippen LogP contribution in [0.1, 0.15) is 400 Å². The lowest BCUT2D eigenvalue weighted by molar-refractivity contribution is 0.389. The Balaban J connectivity index is -0.000000482. The number of hydrogen-bond acceptors (Lipinski definition) is 4. The van der Waals surface area contributed by atoms with E-state index in [0.717, 1.165) is 0 Å². The van der Waals surface area contributed by atoms with Gasteiger partial charge in [-0.3, -0.25) is 0 Å². The van der Waals surface area contributed by atoms with Crippen molar-refractivity contribution in [1.82, 2.24) is 19.6 Å². The summed E-state index contributed by atoms with van der Waals surface area (Å²) in [5.41, 5.74) is 0. The zero-order valence-electron chi connectivity index (χ0n) is 58.5. The molecule has 0 unspecified atom stereocenters. The summed E-state index contributed by atoms with van der Waals surface area (Å²) in [7, 11) is 17.0. The summed E-state index contributed by atoms with van der Waals surface area (Å²) in [4.78, 5) is 8.81. The third-order valence-electron chi connectivity index (χ3n) is 16.2. The minimum atomic E-state index is 1.25. The van der Waals surface area contributed by atoms with E-state index >= 15 is 0 Å². The number of unbranched alkanes of at least 4 members (excludes halogenated alkanes) is 54. The van der Waals surface area contributed by atoms with Gasteiger partial charge in [-0.2, -0.15) is 0 Å². The van der Waals surface area contributed by atoms with Gasteiger partial charge in [-0.05, 0) is 92.2 Å². The maximum absolute atomic E-state index is 2.30. The number of nitrogens with zero attached hydrogens (tertiary/aromatic N) is 4. The van der Waals surface area contributed by atoms with E-state index in [9.17, 15) is 0 Å². The highest BCUT2D eigenvalue weighted by Crippen LogP contribution is 2.17. The molecule has 0 aliphatic rings. The molecule has 484 valence electrons. The molecule has 4 heteroatoms. The van der Waals surface area contributed by atoms with Crippen molar-refractivity contribution in [3.63, 3.8) is 0 Å². The topological polar surface area (TPSA) is 13.0 Å². The van der Waals surface area contributed by atoms with Gasteiger partial charge in [0.05, 0.1) is 0 Å². The molecule has 0 aromatic carbocycles. The predicted molar refractivity (Wildman–Crippen MR) is 373 cm³/mol. The maximum Gasteiger partial charge on any atom is 0.00555 e. The Hall–Kier alpha value is -1.00. The third kappa shape index (κ3) is 99.1. The second-order valence-electron chi connectivity index (χ2n) is 26.3. The molecule has 0 rings (SSSR count). The van der Waals surface area contributed by atoms with Gasteiger partial charge in [-0.15, -0.1) is 0 Å². The van der Waals surface area contributed by atoms with E-state index in [1.165, 1.54) is 385 Å². The first kappa shape index (κ1) is 85.4. The number of hydrogen-bond donors (Lipinski definition) is 0. The minimum absolute atomic E-state index is 1.25. The first-order chi connectivity index (χ1) is 39.1. The number of rotatable bonds is 62. The van der Waals surface area contributed by atoms with Gasteiger partial charge in [0.25, 0.3) is 0 Å². The quantitative estimate of drug-likeness (QED) is 0.0563. The van der Waals surface area contributed by atoms with Crippen molar-refractivity contribution >= 4 is 0 Å². The Labute approximate surface area is 511 Å². The van der Waals surface area contributed by atoms with Crippen LogP contribution in [-0.2, 0) is 0 Å². The van der Waals surface area contributed by atoms with Gasteiger partial charge in [-0.25, -0.2) is 0 Å². The summed E-state index contributed by atoms with van der Waals surface area (Å²) in [6.07, 6.45) is 92.5. The van der Waals surface area contributed by atoms with E-state index in [4.69, 9.17) is 0 Å². The van der Waals surface area contributed by atoms with Gasteiger partial charge >= 0.3 is 0 Å². The molecule has 0 saturated carbocycles. The molecule has 0 amide bonds. The molecule has 0 heterocycles. The fraction of sp³-hybridized carbons (Fsp3) is 0.947. The van der Waals surface area contributed by atoms with E-state index in [2.05, 4.69) is 128 Å². The van der Waals surface area contributed by atoms with E-state index in [1.807, 2.05) is 0 Å². The number of allylic oxidation sites excluding steroid dienone is 2. The zero-order chi connectivity index (χ0) is 59.6. The zero-order valence-corrected chi connectivity index (χ0v) is 58.5. The van der Waals surface area contributed by atoms with Crippen LogP contribution < -0.4 is 0 Å². The Morgan fingerprint density at radius 3 is 0.450 bits per heavy atom. The smallest absolute Gasteiger partial charge is 0.00555 e. The third-order valence-corrected chi connectivity index (χ3v) is 16.2. The van der Waals surface area contributed by atoms with Crippen molar-refractivity contribution in [3.05, 3.63) is 24.6 Å². The van der Waals surface area contributed by atoms with E-state index in [-0.39, 0.29) is 0 Å². The fourth-order valence-electron chi connectivity index (χ4n) is 10.7. The minimum Gasteiger partial charge on any atom is -0.384 e. The Kier molecular flexibility index (Phi) is 87.8. The predicted octanol–water partition coefficient (Wildman–Crippen LogP) is 25.9. The van der Waals surface area contributed by atoms with E-state index in [0.29, 0.717) is 0 Å². The lowest BCUT2D eigenvalue weighted by atomic mass is 10.0. The monoisotopic (exact) mass is 1130 g/mol. The fourth-order valence-corrected chi connectivity index (χ4v) is 10.7. The van der Waals surface area contributed by atoms with Crippen LogP contribution in [0.25, 0.3) is 0 Å². The molecule has 0 radical (unpaired) electrons. The van der Waals surface area contributed by atoms with E-state index in [1.54, 1.807) is 0 Å². The van der Waals surface area contributed by atoms with Crippen LogP contribution >= 0.6 is 0 Å². The van der Waals surface area contributed by atoms with Crippen molar-refractivity contribution in [2.45, 2.75) is 400 Å². The van der Waals surface area contributed by atoms with Crippen LogP contribution in [0.2, 0.25) is 0 Å². The summed E-state index contributed by atoms with van der Waals surface area (Å²) in [5.74, 6) is 0. The van der Waals surface area contributed by atoms with Crippen LogP contribution in [-0.4, -0.2) is 89.1 Å². The molecule has 0 N–H and O–H groups in total. The average molecular weight is 1130 g/mol. The highest BCUT2D eigenvalue weighted by molar-refractivity contribution is 4.79. The molecule has 0 aliphatic heterocycles. The van der Waals surface area contributed by atoms with Crippen molar-refractivity contribution in [2.24, 2.45) is 0 Å². The normalized spacial score (nSPS) is 11.4. The van der Waals surface area contributed by atoms with Crippen LogP contribution in [0.4, 0.5) is 0 Å². The van der Waals surface area contributed by atoms with Crippen LogP contribution in [0.15, 0.2) is 24.6 Å². The lowest BCUT2D eigenvalue weighted by Crippen LogP contribution is -2.12. The van der Waals surface area contributed by atoms with Gasteiger partial charge in [0.1, 0.15) is 0 Å². The largest absolute Gasteiger partial charge is 0.384 e. The lowest BCUT2D eigenvalue weighted by Gasteiger charge is -2.08. The van der Waals surface area contributed by atoms with Crippen LogP contribution in [0.3, 0.4) is 0 Å². The van der Waals surface area contributed by atoms with Crippen molar-refractivity contribution < 1.29 is 0 Å². The summed E-state index contributed by atoms with van der Waals surface area (Å²) in [5, 5.41) is 0. The van der Waals surface area contributed by atoms with Gasteiger partial charge < -0.3 is 19.6 Å². The van der Waals surface area contributed by atoms with Crippen molar-refractivity contribution in [3.8, 4) is 0 Å². The molecular weight excluding hydrogens is 969 g/mol. The molecule has 0 aromatic rings. The molecule has 4 nitrogen and oxygen atoms in total. The summed E-state index contributed by atoms with van der Waals surface area (Å²) in [6.45, 7) is 11.7. The molecule has 0 spiro atoms. The molecule has 0 aromatic heterocycles. The summed E-state index contributed by atoms with van der Waals surface area (Å²) < 4.78 is 0. The van der Waals surface area contributed by atoms with Crippen molar-refractivity contribution in [2.75, 3.05) is 69.5 Å². The van der Waals surface area contributed by atoms with Crippen molar-refractivity contribution in [1.29, 1.82) is 0 Å². The molecular formula is C76H160N4. The summed E-state index contributed by atoms with van der Waals surface area (Å²) in [6, 6.07) is 0. The Morgan fingerprint density at radius 2 is 0.312 bits per heavy atom. The highest BCUT2D eigenvalue weighted by Gasteiger charge is 1.99. The SMILES string of the molecule is CCCCCCCCCCCCCCC=CN(C)C.CCCCCCCCCCCCCCCCC=CN(C)C.CCCCCCCCCCCCCCCCCCN(C)C.CCCCCCCCCCCCCCCCN(C)C. The molecule has 0 saturated heterocycles. The first-order valence-electron chi connectivity index (χ1n) is 37.0. The van der Waals surface area contributed by atoms with E-state index < -0.39 is 0 Å². The van der Waals surface area contributed by atoms with Gasteiger partial charge in [0, 0.05) is 28.2 Å². The first-order valence-corrected chi connectivity index (χ1v) is 37.0. The second kappa shape index (κ2) is 82.2. The van der Waals surface area contributed by atoms with Gasteiger partial charge in [0.15, 0.2) is 0 Å². The molecule has 0 bridgehead atoms. The highest BCUT2D eigenvalue weighted by atomic mass is 15.1. The molecule has 80 heavy (non-hydrogen) atoms.